The van der Waals surface area contributed by atoms with E-state index in [1.165, 1.54) is 0 Å². The quantitative estimate of drug-likeness (QED) is 0.309. The molecule has 8 nitrogen and oxygen atoms in total. The molecule has 4 aromatic rings. The molecular formula is C34H36N4O4. The summed E-state index contributed by atoms with van der Waals surface area (Å²) in [6.07, 6.45) is 0.950. The van der Waals surface area contributed by atoms with Crippen LogP contribution in [0.25, 0.3) is 22.2 Å². The number of hydrogen-bond acceptors (Lipinski definition) is 4. The second kappa shape index (κ2) is 11.4. The number of aromatic nitrogens is 1. The van der Waals surface area contributed by atoms with Crippen molar-refractivity contribution in [3.8, 4) is 11.3 Å². The summed E-state index contributed by atoms with van der Waals surface area (Å²) in [5.41, 5.74) is 6.59. The van der Waals surface area contributed by atoms with Gasteiger partial charge in [0.15, 0.2) is 0 Å². The first-order chi connectivity index (χ1) is 20.4. The second-order valence-corrected chi connectivity index (χ2v) is 11.2. The average molecular weight is 565 g/mol. The number of aryl methyl sites for hydroxylation is 1. The van der Waals surface area contributed by atoms with E-state index in [-0.39, 0.29) is 23.9 Å². The van der Waals surface area contributed by atoms with Crippen LogP contribution in [0.4, 0.5) is 4.79 Å². The maximum Gasteiger partial charge on any atom is 0.409 e. The third-order valence-corrected chi connectivity index (χ3v) is 8.52. The van der Waals surface area contributed by atoms with Gasteiger partial charge >= 0.3 is 6.09 Å². The van der Waals surface area contributed by atoms with Crippen LogP contribution in [0.15, 0.2) is 72.8 Å². The van der Waals surface area contributed by atoms with Crippen LogP contribution in [0.5, 0.6) is 0 Å². The Morgan fingerprint density at radius 3 is 2.43 bits per heavy atom. The first-order valence-electron chi connectivity index (χ1n) is 14.7. The molecule has 1 fully saturated rings. The number of benzene rings is 3. The molecule has 2 atom stereocenters. The molecule has 216 valence electrons. The van der Waals surface area contributed by atoms with Crippen molar-refractivity contribution in [3.63, 3.8) is 0 Å². The summed E-state index contributed by atoms with van der Waals surface area (Å²) in [6, 6.07) is 22.9. The molecular weight excluding hydrogens is 528 g/mol. The van der Waals surface area contributed by atoms with Gasteiger partial charge in [-0.2, -0.15) is 0 Å². The Bertz CT molecular complexity index is 1640. The van der Waals surface area contributed by atoms with Gasteiger partial charge in [0.2, 0.25) is 5.91 Å². The van der Waals surface area contributed by atoms with Gasteiger partial charge in [0.1, 0.15) is 6.04 Å². The van der Waals surface area contributed by atoms with Gasteiger partial charge in [0.25, 0.3) is 5.91 Å². The number of hydrogen-bond donors (Lipinski definition) is 2. The average Bonchev–Trinajstić information content (AvgIpc) is 3.52. The Kier molecular flexibility index (Phi) is 7.45. The molecule has 0 spiro atoms. The molecule has 2 N–H and O–H groups in total. The van der Waals surface area contributed by atoms with Crippen molar-refractivity contribution in [2.24, 2.45) is 0 Å². The van der Waals surface area contributed by atoms with Gasteiger partial charge < -0.3 is 24.8 Å². The summed E-state index contributed by atoms with van der Waals surface area (Å²) < 4.78 is 5.12. The van der Waals surface area contributed by atoms with Gasteiger partial charge in [0.05, 0.1) is 18.3 Å². The highest BCUT2D eigenvalue weighted by atomic mass is 16.6. The van der Waals surface area contributed by atoms with Crippen molar-refractivity contribution < 1.29 is 19.1 Å². The number of para-hydroxylation sites is 1. The van der Waals surface area contributed by atoms with Crippen molar-refractivity contribution in [2.45, 2.75) is 51.7 Å². The largest absolute Gasteiger partial charge is 0.450 e. The molecule has 42 heavy (non-hydrogen) atoms. The lowest BCUT2D eigenvalue weighted by Gasteiger charge is -2.35. The zero-order valence-corrected chi connectivity index (χ0v) is 24.2. The number of fused-ring (bicyclic) bond motifs is 2. The molecule has 0 aliphatic carbocycles. The number of rotatable bonds is 6. The van der Waals surface area contributed by atoms with E-state index in [9.17, 15) is 14.4 Å². The van der Waals surface area contributed by atoms with E-state index >= 15 is 0 Å². The Labute approximate surface area is 245 Å². The minimum Gasteiger partial charge on any atom is -0.450 e. The number of likely N-dealkylation sites (tertiary alicyclic amines) is 1. The summed E-state index contributed by atoms with van der Waals surface area (Å²) >= 11 is 0. The Balaban J connectivity index is 1.35. The highest BCUT2D eigenvalue weighted by molar-refractivity contribution is 6.04. The van der Waals surface area contributed by atoms with Crippen molar-refractivity contribution >= 4 is 28.8 Å². The summed E-state index contributed by atoms with van der Waals surface area (Å²) in [7, 11) is 0. The minimum atomic E-state index is -0.725. The van der Waals surface area contributed by atoms with Crippen LogP contribution in [0.1, 0.15) is 59.8 Å². The summed E-state index contributed by atoms with van der Waals surface area (Å²) in [5.74, 6) is -0.358. The van der Waals surface area contributed by atoms with Crippen LogP contribution in [-0.2, 0) is 9.53 Å². The molecule has 0 saturated carbocycles. The van der Waals surface area contributed by atoms with Gasteiger partial charge in [-0.3, -0.25) is 9.59 Å². The lowest BCUT2D eigenvalue weighted by atomic mass is 9.92. The van der Waals surface area contributed by atoms with Gasteiger partial charge in [-0.05, 0) is 56.9 Å². The van der Waals surface area contributed by atoms with Crippen LogP contribution in [0.2, 0.25) is 0 Å². The van der Waals surface area contributed by atoms with Gasteiger partial charge in [0, 0.05) is 41.2 Å². The Morgan fingerprint density at radius 2 is 1.69 bits per heavy atom. The first kappa shape index (κ1) is 27.6. The van der Waals surface area contributed by atoms with Gasteiger partial charge in [-0.1, -0.05) is 66.2 Å². The molecule has 6 rings (SSSR count). The van der Waals surface area contributed by atoms with Crippen LogP contribution in [-0.4, -0.2) is 64.5 Å². The predicted molar refractivity (Wildman–Crippen MR) is 162 cm³/mol. The number of aromatic amines is 1. The van der Waals surface area contributed by atoms with Crippen LogP contribution < -0.4 is 5.32 Å². The normalized spacial score (nSPS) is 17.8. The number of carbonyl (C=O) groups is 3. The van der Waals surface area contributed by atoms with E-state index in [4.69, 9.17) is 4.74 Å². The van der Waals surface area contributed by atoms with Crippen molar-refractivity contribution in [2.75, 3.05) is 19.7 Å². The highest BCUT2D eigenvalue weighted by Crippen LogP contribution is 2.46. The molecule has 2 aliphatic heterocycles. The second-order valence-electron chi connectivity index (χ2n) is 11.2. The molecule has 3 heterocycles. The van der Waals surface area contributed by atoms with E-state index in [0.29, 0.717) is 38.1 Å². The lowest BCUT2D eigenvalue weighted by Crippen LogP contribution is -2.52. The number of nitrogens with one attached hydrogen (secondary N) is 2. The standard InChI is InChI=1S/C34H36N4O4/c1-4-42-34(41)37-19-17-24(18-20-37)35-32(39)22(3)38-31(25-9-5-6-10-26(25)33(38)40)29-27-11-7-8-12-28(27)36-30(29)23-15-13-21(2)14-16-23/h5-16,22,24,31,36H,4,17-20H2,1-3H3,(H,35,39). The molecule has 1 aromatic heterocycles. The third-order valence-electron chi connectivity index (χ3n) is 8.52. The first-order valence-corrected chi connectivity index (χ1v) is 14.7. The molecule has 2 aliphatic rings. The molecule has 3 amide bonds. The Morgan fingerprint density at radius 1 is 1.00 bits per heavy atom. The molecule has 0 radical (unpaired) electrons. The zero-order valence-electron chi connectivity index (χ0n) is 24.2. The third kappa shape index (κ3) is 4.91. The predicted octanol–water partition coefficient (Wildman–Crippen LogP) is 5.81. The van der Waals surface area contributed by atoms with E-state index in [1.54, 1.807) is 23.6 Å². The number of nitrogens with zero attached hydrogens (tertiary/aromatic N) is 2. The molecule has 2 unspecified atom stereocenters. The zero-order chi connectivity index (χ0) is 29.4. The van der Waals surface area contributed by atoms with Crippen molar-refractivity contribution in [3.05, 3.63) is 95.1 Å². The van der Waals surface area contributed by atoms with Gasteiger partial charge in [-0.15, -0.1) is 0 Å². The summed E-state index contributed by atoms with van der Waals surface area (Å²) in [4.78, 5) is 46.9. The molecule has 0 bridgehead atoms. The fourth-order valence-corrected chi connectivity index (χ4v) is 6.30. The SMILES string of the molecule is CCOC(=O)N1CCC(NC(=O)C(C)N2C(=O)c3ccccc3C2c2c(-c3ccc(C)cc3)[nH]c3ccccc23)CC1. The minimum absolute atomic E-state index is 0.0830. The van der Waals surface area contributed by atoms with Crippen molar-refractivity contribution in [1.82, 2.24) is 20.1 Å². The van der Waals surface area contributed by atoms with E-state index in [0.717, 1.165) is 38.9 Å². The topological polar surface area (TPSA) is 94.7 Å². The van der Waals surface area contributed by atoms with Gasteiger partial charge in [-0.25, -0.2) is 4.79 Å². The summed E-state index contributed by atoms with van der Waals surface area (Å²) in [6.45, 7) is 7.03. The van der Waals surface area contributed by atoms with Crippen LogP contribution in [0, 0.1) is 6.92 Å². The lowest BCUT2D eigenvalue weighted by molar-refractivity contribution is -0.126. The Hall–Kier alpha value is -4.59. The molecule has 8 heteroatoms. The monoisotopic (exact) mass is 564 g/mol. The number of ether oxygens (including phenoxy) is 1. The molecule has 3 aromatic carbocycles. The maximum atomic E-state index is 14.0. The fourth-order valence-electron chi connectivity index (χ4n) is 6.30. The summed E-state index contributed by atoms with van der Waals surface area (Å²) in [5, 5.41) is 4.19. The number of amides is 3. The number of H-pyrrole nitrogens is 1. The van der Waals surface area contributed by atoms with Crippen LogP contribution >= 0.6 is 0 Å². The maximum absolute atomic E-state index is 14.0. The van der Waals surface area contributed by atoms with Crippen molar-refractivity contribution in [1.29, 1.82) is 0 Å². The molecule has 1 saturated heterocycles. The fraction of sp³-hybridized carbons (Fsp3) is 0.324. The number of carbonyl (C=O) groups excluding carboxylic acids is 3. The van der Waals surface area contributed by atoms with E-state index < -0.39 is 12.1 Å². The highest BCUT2D eigenvalue weighted by Gasteiger charge is 2.44. The smallest absolute Gasteiger partial charge is 0.409 e. The van der Waals surface area contributed by atoms with E-state index in [2.05, 4.69) is 47.6 Å². The van der Waals surface area contributed by atoms with E-state index in [1.807, 2.05) is 42.5 Å². The number of piperidine rings is 1. The van der Waals surface area contributed by atoms with Crippen LogP contribution in [0.3, 0.4) is 0 Å².